The molecule has 0 saturated carbocycles. The minimum Gasteiger partial charge on any atom is -0.338 e. The Hall–Kier alpha value is -3.08. The normalized spacial score (nSPS) is 16.9. The van der Waals surface area contributed by atoms with Gasteiger partial charge in [-0.15, -0.1) is 0 Å². The molecule has 2 aromatic heterocycles. The van der Waals surface area contributed by atoms with Crippen molar-refractivity contribution in [1.29, 1.82) is 0 Å². The quantitative estimate of drug-likeness (QED) is 0.699. The van der Waals surface area contributed by atoms with Gasteiger partial charge < -0.3 is 4.90 Å². The summed E-state index contributed by atoms with van der Waals surface area (Å²) in [6, 6.07) is 15.9. The van der Waals surface area contributed by atoms with Crippen molar-refractivity contribution in [3.63, 3.8) is 0 Å². The largest absolute Gasteiger partial charge is 0.338 e. The lowest BCUT2D eigenvalue weighted by Gasteiger charge is -2.32. The minimum absolute atomic E-state index is 0.00841. The number of halogens is 1. The molecule has 0 N–H and O–H groups in total. The zero-order valence-corrected chi connectivity index (χ0v) is 14.9. The van der Waals surface area contributed by atoms with Gasteiger partial charge in [-0.1, -0.05) is 18.2 Å². The summed E-state index contributed by atoms with van der Waals surface area (Å²) in [6.45, 7) is 1.38. The molecule has 0 spiro atoms. The molecular weight excluding hydrogens is 341 g/mol. The van der Waals surface area contributed by atoms with Crippen LogP contribution in [-0.4, -0.2) is 33.9 Å². The Morgan fingerprint density at radius 1 is 1.11 bits per heavy atom. The molecule has 1 aliphatic rings. The van der Waals surface area contributed by atoms with Gasteiger partial charge in [0.05, 0.1) is 11.3 Å². The van der Waals surface area contributed by atoms with E-state index >= 15 is 0 Å². The molecule has 5 heteroatoms. The highest BCUT2D eigenvalue weighted by Crippen LogP contribution is 2.28. The monoisotopic (exact) mass is 361 g/mol. The summed E-state index contributed by atoms with van der Waals surface area (Å²) in [6.07, 6.45) is 5.19. The molecule has 4 rings (SSSR count). The first-order valence-electron chi connectivity index (χ1n) is 9.13. The van der Waals surface area contributed by atoms with Crippen LogP contribution in [0.5, 0.6) is 0 Å². The minimum atomic E-state index is -0.273. The summed E-state index contributed by atoms with van der Waals surface area (Å²) >= 11 is 0. The number of carbonyl (C=O) groups is 1. The predicted octanol–water partition coefficient (Wildman–Crippen LogP) is 4.30. The number of benzene rings is 1. The maximum absolute atomic E-state index is 13.5. The summed E-state index contributed by atoms with van der Waals surface area (Å²) in [7, 11) is 0. The fraction of sp³-hybridized carbons (Fsp3) is 0.227. The molecule has 1 atom stereocenters. The van der Waals surface area contributed by atoms with Crippen LogP contribution in [0.1, 0.15) is 34.8 Å². The van der Waals surface area contributed by atoms with Gasteiger partial charge in [-0.2, -0.15) is 0 Å². The molecule has 1 aromatic carbocycles. The Labute approximate surface area is 157 Å². The van der Waals surface area contributed by atoms with Gasteiger partial charge in [-0.3, -0.25) is 14.8 Å². The van der Waals surface area contributed by atoms with Crippen molar-refractivity contribution in [2.75, 3.05) is 13.1 Å². The van der Waals surface area contributed by atoms with E-state index in [0.717, 1.165) is 36.3 Å². The average Bonchev–Trinajstić information content (AvgIpc) is 2.74. The molecular formula is C22H20FN3O. The lowest BCUT2D eigenvalue weighted by atomic mass is 9.93. The van der Waals surface area contributed by atoms with E-state index in [0.29, 0.717) is 12.1 Å². The van der Waals surface area contributed by atoms with Crippen LogP contribution in [0.3, 0.4) is 0 Å². The maximum Gasteiger partial charge on any atom is 0.255 e. The number of aromatic nitrogens is 2. The second-order valence-electron chi connectivity index (χ2n) is 6.79. The highest BCUT2D eigenvalue weighted by Gasteiger charge is 2.26. The lowest BCUT2D eigenvalue weighted by molar-refractivity contribution is 0.0705. The average molecular weight is 361 g/mol. The summed E-state index contributed by atoms with van der Waals surface area (Å²) in [4.78, 5) is 23.4. The summed E-state index contributed by atoms with van der Waals surface area (Å²) < 4.78 is 13.5. The number of amides is 1. The molecule has 1 amide bonds. The first kappa shape index (κ1) is 17.3. The van der Waals surface area contributed by atoms with Crippen molar-refractivity contribution in [2.45, 2.75) is 18.8 Å². The number of hydrogen-bond acceptors (Lipinski definition) is 3. The standard InChI is InChI=1S/C22H20FN3O/c23-19-8-1-5-16(13-19)20-9-2-10-21(25-20)18-7-4-12-26(15-18)22(27)17-6-3-11-24-14-17/h1-3,5-6,8-11,13-14,18H,4,7,12,15H2/t18-/m1/s1. The SMILES string of the molecule is O=C(c1cccnc1)N1CCC[C@@H](c2cccc(-c3cccc(F)c3)n2)C1. The Balaban J connectivity index is 1.55. The van der Waals surface area contributed by atoms with Crippen LogP contribution in [0.2, 0.25) is 0 Å². The van der Waals surface area contributed by atoms with Gasteiger partial charge in [0.2, 0.25) is 0 Å². The lowest BCUT2D eigenvalue weighted by Crippen LogP contribution is -2.39. The van der Waals surface area contributed by atoms with E-state index in [4.69, 9.17) is 4.98 Å². The molecule has 3 heterocycles. The molecule has 1 aliphatic heterocycles. The summed E-state index contributed by atoms with van der Waals surface area (Å²) in [5.74, 6) is -0.0902. The molecule has 136 valence electrons. The van der Waals surface area contributed by atoms with Crippen LogP contribution < -0.4 is 0 Å². The van der Waals surface area contributed by atoms with Crippen molar-refractivity contribution in [1.82, 2.24) is 14.9 Å². The van der Waals surface area contributed by atoms with E-state index < -0.39 is 0 Å². The van der Waals surface area contributed by atoms with Crippen LogP contribution in [0.15, 0.2) is 67.0 Å². The topological polar surface area (TPSA) is 46.1 Å². The molecule has 3 aromatic rings. The van der Waals surface area contributed by atoms with E-state index in [1.165, 1.54) is 12.1 Å². The van der Waals surface area contributed by atoms with Gasteiger partial charge in [0, 0.05) is 42.7 Å². The highest BCUT2D eigenvalue weighted by atomic mass is 19.1. The molecule has 0 radical (unpaired) electrons. The molecule has 4 nitrogen and oxygen atoms in total. The smallest absolute Gasteiger partial charge is 0.255 e. The van der Waals surface area contributed by atoms with Crippen LogP contribution in [-0.2, 0) is 0 Å². The Morgan fingerprint density at radius 2 is 2.00 bits per heavy atom. The van der Waals surface area contributed by atoms with Gasteiger partial charge in [-0.05, 0) is 49.2 Å². The Morgan fingerprint density at radius 3 is 2.81 bits per heavy atom. The van der Waals surface area contributed by atoms with E-state index in [2.05, 4.69) is 4.98 Å². The van der Waals surface area contributed by atoms with E-state index in [9.17, 15) is 9.18 Å². The third-order valence-electron chi connectivity index (χ3n) is 4.93. The van der Waals surface area contributed by atoms with Crippen LogP contribution in [0.25, 0.3) is 11.3 Å². The number of hydrogen-bond donors (Lipinski definition) is 0. The van der Waals surface area contributed by atoms with Gasteiger partial charge in [0.25, 0.3) is 5.91 Å². The number of pyridine rings is 2. The van der Waals surface area contributed by atoms with Gasteiger partial charge >= 0.3 is 0 Å². The fourth-order valence-corrected chi connectivity index (χ4v) is 3.56. The molecule has 1 saturated heterocycles. The molecule has 0 bridgehead atoms. The van der Waals surface area contributed by atoms with Crippen LogP contribution in [0, 0.1) is 5.82 Å². The number of rotatable bonds is 3. The highest BCUT2D eigenvalue weighted by molar-refractivity contribution is 5.94. The summed E-state index contributed by atoms with van der Waals surface area (Å²) in [5, 5.41) is 0. The van der Waals surface area contributed by atoms with E-state index in [-0.39, 0.29) is 17.6 Å². The van der Waals surface area contributed by atoms with Crippen molar-refractivity contribution < 1.29 is 9.18 Å². The Kier molecular flexibility index (Phi) is 4.92. The first-order valence-corrected chi connectivity index (χ1v) is 9.13. The van der Waals surface area contributed by atoms with Gasteiger partial charge in [-0.25, -0.2) is 4.39 Å². The number of piperidine rings is 1. The first-order chi connectivity index (χ1) is 13.2. The molecule has 0 aliphatic carbocycles. The number of likely N-dealkylation sites (tertiary alicyclic amines) is 1. The second-order valence-corrected chi connectivity index (χ2v) is 6.79. The maximum atomic E-state index is 13.5. The molecule has 27 heavy (non-hydrogen) atoms. The third kappa shape index (κ3) is 3.87. The molecule has 1 fully saturated rings. The second kappa shape index (κ2) is 7.66. The third-order valence-corrected chi connectivity index (χ3v) is 4.93. The van der Waals surface area contributed by atoms with E-state index in [1.807, 2.05) is 29.2 Å². The van der Waals surface area contributed by atoms with E-state index in [1.54, 1.807) is 30.6 Å². The van der Waals surface area contributed by atoms with Crippen LogP contribution >= 0.6 is 0 Å². The number of carbonyl (C=O) groups excluding carboxylic acids is 1. The predicted molar refractivity (Wildman–Crippen MR) is 102 cm³/mol. The zero-order chi connectivity index (χ0) is 18.6. The van der Waals surface area contributed by atoms with Crippen molar-refractivity contribution in [2.24, 2.45) is 0 Å². The van der Waals surface area contributed by atoms with Gasteiger partial charge in [0.1, 0.15) is 5.82 Å². The van der Waals surface area contributed by atoms with Crippen molar-refractivity contribution >= 4 is 5.91 Å². The number of nitrogens with zero attached hydrogens (tertiary/aromatic N) is 3. The summed E-state index contributed by atoms with van der Waals surface area (Å²) in [5.41, 5.74) is 3.07. The molecule has 0 unspecified atom stereocenters. The Bertz CT molecular complexity index is 945. The van der Waals surface area contributed by atoms with Gasteiger partial charge in [0.15, 0.2) is 0 Å². The fourth-order valence-electron chi connectivity index (χ4n) is 3.56. The van der Waals surface area contributed by atoms with Crippen molar-refractivity contribution in [3.05, 3.63) is 84.1 Å². The van der Waals surface area contributed by atoms with Crippen LogP contribution in [0.4, 0.5) is 4.39 Å². The van der Waals surface area contributed by atoms with Crippen molar-refractivity contribution in [3.8, 4) is 11.3 Å². The zero-order valence-electron chi connectivity index (χ0n) is 14.9.